The van der Waals surface area contributed by atoms with E-state index in [1.165, 1.54) is 0 Å². The lowest BCUT2D eigenvalue weighted by molar-refractivity contribution is 0.0217. The number of carbonyl (C=O) groups excluding carboxylic acids is 3. The van der Waals surface area contributed by atoms with Crippen molar-refractivity contribution in [3.8, 4) is 0 Å². The molecule has 328 valence electrons. The minimum Gasteiger partial charge on any atom is -0.444 e. The number of rotatable bonds is 20. The molecule has 0 bridgehead atoms. The molecule has 2 aromatic heterocycles. The lowest BCUT2D eigenvalue weighted by Gasteiger charge is -2.46. The number of amides is 3. The third-order valence-corrected chi connectivity index (χ3v) is 14.4. The zero-order valence-corrected chi connectivity index (χ0v) is 39.9. The quantitative estimate of drug-likeness (QED) is 0.106. The van der Waals surface area contributed by atoms with Gasteiger partial charge in [-0.1, -0.05) is 53.1 Å². The SMILES string of the molecule is CCCNCc1nc(C(=O)N2CCC3(CC2)CCN(C(=O)c2cn(COCC[Si](C)(C)C)c(CN(CCC)C(=O)OC(C)(C)C)n2)CC3)cn1COCC[Si](C)(C)C. The normalized spacial score (nSPS) is 16.3. The van der Waals surface area contributed by atoms with Crippen molar-refractivity contribution < 1.29 is 28.6 Å². The second-order valence-electron chi connectivity index (χ2n) is 19.9. The predicted molar refractivity (Wildman–Crippen MR) is 234 cm³/mol. The van der Waals surface area contributed by atoms with Crippen LogP contribution in [0.3, 0.4) is 0 Å². The van der Waals surface area contributed by atoms with E-state index < -0.39 is 27.8 Å². The molecule has 3 amide bonds. The first-order valence-electron chi connectivity index (χ1n) is 21.8. The van der Waals surface area contributed by atoms with Gasteiger partial charge in [0.1, 0.15) is 42.1 Å². The van der Waals surface area contributed by atoms with Gasteiger partial charge in [0.05, 0.1) is 13.1 Å². The molecular formula is C42H76N8O6Si2. The van der Waals surface area contributed by atoms with E-state index in [4.69, 9.17) is 24.2 Å². The lowest BCUT2D eigenvalue weighted by atomic mass is 9.71. The number of hydrogen-bond acceptors (Lipinski definition) is 9. The monoisotopic (exact) mass is 845 g/mol. The number of imidazole rings is 2. The molecule has 2 aromatic rings. The van der Waals surface area contributed by atoms with Gasteiger partial charge in [-0.15, -0.1) is 0 Å². The Balaban J connectivity index is 1.38. The smallest absolute Gasteiger partial charge is 0.410 e. The Morgan fingerprint density at radius 1 is 0.759 bits per heavy atom. The second-order valence-corrected chi connectivity index (χ2v) is 31.1. The van der Waals surface area contributed by atoms with Crippen LogP contribution in [0.2, 0.25) is 51.4 Å². The van der Waals surface area contributed by atoms with E-state index >= 15 is 0 Å². The minimum absolute atomic E-state index is 0.0277. The van der Waals surface area contributed by atoms with Crippen molar-refractivity contribution >= 4 is 34.1 Å². The summed E-state index contributed by atoms with van der Waals surface area (Å²) in [5.74, 6) is 1.29. The van der Waals surface area contributed by atoms with Crippen molar-refractivity contribution in [3.63, 3.8) is 0 Å². The maximum atomic E-state index is 14.0. The molecule has 0 radical (unpaired) electrons. The third kappa shape index (κ3) is 14.9. The van der Waals surface area contributed by atoms with Crippen molar-refractivity contribution in [2.75, 3.05) is 52.5 Å². The Morgan fingerprint density at radius 2 is 1.22 bits per heavy atom. The first kappa shape index (κ1) is 47.6. The molecule has 0 saturated carbocycles. The van der Waals surface area contributed by atoms with Crippen LogP contribution >= 0.6 is 0 Å². The van der Waals surface area contributed by atoms with Crippen LogP contribution in [0.5, 0.6) is 0 Å². The second kappa shape index (κ2) is 21.0. The summed E-state index contributed by atoms with van der Waals surface area (Å²) in [6.07, 6.45) is 8.59. The van der Waals surface area contributed by atoms with Crippen LogP contribution in [0.15, 0.2) is 12.4 Å². The number of aromatic nitrogens is 4. The molecule has 0 aromatic carbocycles. The van der Waals surface area contributed by atoms with E-state index in [0.717, 1.165) is 63.0 Å². The molecule has 14 nitrogen and oxygen atoms in total. The molecule has 16 heteroatoms. The standard InChI is InChI=1S/C42H76N8O6Si2/c1-12-18-43-28-36-44-34(29-49(36)32-54-24-26-57(6,7)8)38(51)46-20-14-42(15-21-46)16-22-47(23-17-42)39(52)35-30-50(33-55-25-27-58(9,10)11)37(45-35)31-48(19-13-2)40(53)56-41(3,4)5/h29-30,43H,12-28,31-33H2,1-11H3. The fourth-order valence-electron chi connectivity index (χ4n) is 7.26. The molecule has 0 unspecified atom stereocenters. The van der Waals surface area contributed by atoms with Gasteiger partial charge in [0.2, 0.25) is 0 Å². The predicted octanol–water partition coefficient (Wildman–Crippen LogP) is 7.51. The fourth-order valence-corrected chi connectivity index (χ4v) is 8.77. The summed E-state index contributed by atoms with van der Waals surface area (Å²) in [4.78, 5) is 56.1. The number of nitrogens with one attached hydrogen (secondary N) is 1. The number of carbonyl (C=O) groups is 3. The average molecular weight is 845 g/mol. The highest BCUT2D eigenvalue weighted by atomic mass is 28.3. The van der Waals surface area contributed by atoms with Gasteiger partial charge in [-0.25, -0.2) is 14.8 Å². The Kier molecular flexibility index (Phi) is 17.2. The molecule has 58 heavy (non-hydrogen) atoms. The van der Waals surface area contributed by atoms with E-state index in [0.29, 0.717) is 76.4 Å². The van der Waals surface area contributed by atoms with Crippen LogP contribution in [0.25, 0.3) is 0 Å². The van der Waals surface area contributed by atoms with Gasteiger partial charge in [0.25, 0.3) is 11.8 Å². The van der Waals surface area contributed by atoms with Crippen LogP contribution in [-0.2, 0) is 40.8 Å². The maximum absolute atomic E-state index is 14.0. The summed E-state index contributed by atoms with van der Waals surface area (Å²) in [5, 5.41) is 3.43. The summed E-state index contributed by atoms with van der Waals surface area (Å²) >= 11 is 0. The highest BCUT2D eigenvalue weighted by Crippen LogP contribution is 2.41. The van der Waals surface area contributed by atoms with Gasteiger partial charge >= 0.3 is 6.09 Å². The number of nitrogens with zero attached hydrogens (tertiary/aromatic N) is 7. The summed E-state index contributed by atoms with van der Waals surface area (Å²) in [6, 6.07) is 2.12. The minimum atomic E-state index is -1.29. The van der Waals surface area contributed by atoms with Gasteiger partial charge in [0.15, 0.2) is 0 Å². The van der Waals surface area contributed by atoms with Crippen molar-refractivity contribution in [1.82, 2.24) is 39.1 Å². The summed E-state index contributed by atoms with van der Waals surface area (Å²) in [5.41, 5.74) is 0.308. The van der Waals surface area contributed by atoms with Crippen LogP contribution in [0, 0.1) is 5.41 Å². The van der Waals surface area contributed by atoms with Gasteiger partial charge in [-0.2, -0.15) is 0 Å². The molecule has 4 rings (SSSR count). The topological polar surface area (TPSA) is 136 Å². The molecule has 2 aliphatic rings. The number of piperidine rings is 2. The van der Waals surface area contributed by atoms with Crippen molar-refractivity contribution in [2.45, 2.75) is 157 Å². The van der Waals surface area contributed by atoms with Gasteiger partial charge in [-0.05, 0) is 83.3 Å². The maximum Gasteiger partial charge on any atom is 0.410 e. The third-order valence-electron chi connectivity index (χ3n) is 11.0. The molecule has 2 aliphatic heterocycles. The molecule has 0 aliphatic carbocycles. The Labute approximate surface area is 350 Å². The molecule has 2 saturated heterocycles. The Morgan fingerprint density at radius 3 is 1.66 bits per heavy atom. The van der Waals surface area contributed by atoms with Crippen molar-refractivity contribution in [2.24, 2.45) is 5.41 Å². The van der Waals surface area contributed by atoms with E-state index in [1.54, 1.807) is 11.1 Å². The molecule has 1 spiro atoms. The molecule has 0 atom stereocenters. The molecular weight excluding hydrogens is 769 g/mol. The van der Waals surface area contributed by atoms with E-state index in [1.807, 2.05) is 52.8 Å². The first-order valence-corrected chi connectivity index (χ1v) is 29.2. The van der Waals surface area contributed by atoms with Crippen molar-refractivity contribution in [1.29, 1.82) is 0 Å². The summed E-state index contributed by atoms with van der Waals surface area (Å²) in [7, 11) is -2.49. The highest BCUT2D eigenvalue weighted by molar-refractivity contribution is 6.76. The van der Waals surface area contributed by atoms with Crippen LogP contribution in [0.4, 0.5) is 4.79 Å². The fraction of sp³-hybridized carbons (Fsp3) is 0.786. The highest BCUT2D eigenvalue weighted by Gasteiger charge is 2.40. The number of likely N-dealkylation sites (tertiary alicyclic amines) is 2. The number of hydrogen-bond donors (Lipinski definition) is 1. The van der Waals surface area contributed by atoms with E-state index in [-0.39, 0.29) is 30.5 Å². The largest absolute Gasteiger partial charge is 0.444 e. The van der Waals surface area contributed by atoms with E-state index in [2.05, 4.69) is 51.5 Å². The van der Waals surface area contributed by atoms with Crippen LogP contribution < -0.4 is 5.32 Å². The van der Waals surface area contributed by atoms with Gasteiger partial charge in [-0.3, -0.25) is 9.59 Å². The zero-order chi connectivity index (χ0) is 42.7. The lowest BCUT2D eigenvalue weighted by Crippen LogP contribution is -2.49. The average Bonchev–Trinajstić information content (AvgIpc) is 3.74. The molecule has 1 N–H and O–H groups in total. The molecule has 2 fully saturated rings. The molecule has 4 heterocycles. The van der Waals surface area contributed by atoms with Gasteiger partial charge < -0.3 is 43.4 Å². The zero-order valence-electron chi connectivity index (χ0n) is 37.9. The Hall–Kier alpha value is -3.06. The first-order chi connectivity index (χ1) is 27.2. The van der Waals surface area contributed by atoms with Crippen LogP contribution in [0.1, 0.15) is 106 Å². The summed E-state index contributed by atoms with van der Waals surface area (Å²) in [6.45, 7) is 30.5. The number of ether oxygens (including phenoxy) is 3. The van der Waals surface area contributed by atoms with E-state index in [9.17, 15) is 14.4 Å². The summed E-state index contributed by atoms with van der Waals surface area (Å²) < 4.78 is 21.7. The van der Waals surface area contributed by atoms with Gasteiger partial charge in [0, 0.05) is 74.5 Å². The Bertz CT molecular complexity index is 1620. The van der Waals surface area contributed by atoms with Crippen molar-refractivity contribution in [3.05, 3.63) is 35.4 Å². The van der Waals surface area contributed by atoms with Crippen LogP contribution in [-0.4, -0.2) is 126 Å².